The lowest BCUT2D eigenvalue weighted by Crippen LogP contribution is -2.01. The predicted molar refractivity (Wildman–Crippen MR) is 88.8 cm³/mol. The SMILES string of the molecule is Nc1cc(Cl)cc(C(=O)c2csc3c(Br)cccc23)c1. The molecule has 2 N–H and O–H groups in total. The number of halogens is 2. The largest absolute Gasteiger partial charge is 0.399 e. The molecule has 0 fully saturated rings. The molecule has 5 heteroatoms. The Kier molecular flexibility index (Phi) is 3.54. The van der Waals surface area contributed by atoms with Gasteiger partial charge in [-0.25, -0.2) is 0 Å². The molecule has 2 nitrogen and oxygen atoms in total. The van der Waals surface area contributed by atoms with Gasteiger partial charge < -0.3 is 5.73 Å². The highest BCUT2D eigenvalue weighted by molar-refractivity contribution is 9.10. The van der Waals surface area contributed by atoms with E-state index in [1.807, 2.05) is 23.6 Å². The van der Waals surface area contributed by atoms with Gasteiger partial charge in [-0.2, -0.15) is 0 Å². The van der Waals surface area contributed by atoms with Crippen molar-refractivity contribution in [1.29, 1.82) is 0 Å². The summed E-state index contributed by atoms with van der Waals surface area (Å²) in [4.78, 5) is 12.6. The van der Waals surface area contributed by atoms with Crippen LogP contribution in [0.3, 0.4) is 0 Å². The average molecular weight is 367 g/mol. The number of nitrogens with two attached hydrogens (primary N) is 1. The highest BCUT2D eigenvalue weighted by atomic mass is 79.9. The monoisotopic (exact) mass is 365 g/mol. The first-order valence-corrected chi connectivity index (χ1v) is 7.88. The third-order valence-electron chi connectivity index (χ3n) is 2.98. The number of hydrogen-bond acceptors (Lipinski definition) is 3. The van der Waals surface area contributed by atoms with Gasteiger partial charge in [-0.3, -0.25) is 4.79 Å². The summed E-state index contributed by atoms with van der Waals surface area (Å²) in [6.07, 6.45) is 0. The molecule has 0 spiro atoms. The minimum absolute atomic E-state index is 0.0662. The number of rotatable bonds is 2. The molecule has 20 heavy (non-hydrogen) atoms. The molecule has 0 aliphatic heterocycles. The van der Waals surface area contributed by atoms with Gasteiger partial charge in [0, 0.05) is 41.8 Å². The second-order valence-corrected chi connectivity index (χ2v) is 6.54. The number of hydrogen-bond donors (Lipinski definition) is 1. The van der Waals surface area contributed by atoms with Gasteiger partial charge in [0.1, 0.15) is 0 Å². The Morgan fingerprint density at radius 2 is 2.05 bits per heavy atom. The van der Waals surface area contributed by atoms with Crippen molar-refractivity contribution in [2.45, 2.75) is 0 Å². The first kappa shape index (κ1) is 13.6. The Morgan fingerprint density at radius 3 is 2.80 bits per heavy atom. The normalized spacial score (nSPS) is 10.9. The molecule has 0 radical (unpaired) electrons. The summed E-state index contributed by atoms with van der Waals surface area (Å²) in [5, 5.41) is 3.27. The van der Waals surface area contributed by atoms with Gasteiger partial charge >= 0.3 is 0 Å². The number of anilines is 1. The smallest absolute Gasteiger partial charge is 0.194 e. The number of nitrogen functional groups attached to an aromatic ring is 1. The second-order valence-electron chi connectivity index (χ2n) is 4.37. The van der Waals surface area contributed by atoms with Gasteiger partial charge in [0.25, 0.3) is 0 Å². The highest BCUT2D eigenvalue weighted by Crippen LogP contribution is 2.33. The third-order valence-corrected chi connectivity index (χ3v) is 5.15. The molecule has 2 aromatic carbocycles. The average Bonchev–Trinajstić information content (AvgIpc) is 2.82. The van der Waals surface area contributed by atoms with Crippen LogP contribution in [0.2, 0.25) is 5.02 Å². The van der Waals surface area contributed by atoms with E-state index in [0.717, 1.165) is 14.6 Å². The van der Waals surface area contributed by atoms with Gasteiger partial charge in [-0.1, -0.05) is 23.7 Å². The van der Waals surface area contributed by atoms with E-state index >= 15 is 0 Å². The summed E-state index contributed by atoms with van der Waals surface area (Å²) in [6, 6.07) is 10.7. The zero-order valence-electron chi connectivity index (χ0n) is 10.2. The Bertz CT molecular complexity index is 808. The van der Waals surface area contributed by atoms with Crippen LogP contribution in [0, 0.1) is 0 Å². The predicted octanol–water partition coefficient (Wildman–Crippen LogP) is 5.13. The summed E-state index contributed by atoms with van der Waals surface area (Å²) in [7, 11) is 0. The minimum Gasteiger partial charge on any atom is -0.399 e. The van der Waals surface area contributed by atoms with E-state index < -0.39 is 0 Å². The Hall–Kier alpha value is -1.36. The maximum Gasteiger partial charge on any atom is 0.194 e. The molecular formula is C15H9BrClNOS. The van der Waals surface area contributed by atoms with Gasteiger partial charge in [0.15, 0.2) is 5.78 Å². The van der Waals surface area contributed by atoms with Crippen molar-refractivity contribution >= 4 is 60.4 Å². The molecule has 100 valence electrons. The van der Waals surface area contributed by atoms with Crippen molar-refractivity contribution in [2.75, 3.05) is 5.73 Å². The molecule has 1 heterocycles. The topological polar surface area (TPSA) is 43.1 Å². The van der Waals surface area contributed by atoms with Crippen molar-refractivity contribution in [3.05, 3.63) is 62.4 Å². The summed E-state index contributed by atoms with van der Waals surface area (Å²) in [5.74, 6) is -0.0662. The van der Waals surface area contributed by atoms with Crippen molar-refractivity contribution in [1.82, 2.24) is 0 Å². The van der Waals surface area contributed by atoms with E-state index in [1.165, 1.54) is 0 Å². The fourth-order valence-electron chi connectivity index (χ4n) is 2.10. The number of carbonyl (C=O) groups excluding carboxylic acids is 1. The number of carbonyl (C=O) groups is 1. The molecule has 0 amide bonds. The summed E-state index contributed by atoms with van der Waals surface area (Å²) in [5.41, 5.74) is 7.42. The van der Waals surface area contributed by atoms with E-state index in [4.69, 9.17) is 17.3 Å². The molecule has 0 saturated heterocycles. The molecule has 1 aromatic heterocycles. The zero-order valence-corrected chi connectivity index (χ0v) is 13.3. The molecule has 0 aliphatic carbocycles. The molecule has 0 saturated carbocycles. The van der Waals surface area contributed by atoms with E-state index in [2.05, 4.69) is 15.9 Å². The van der Waals surface area contributed by atoms with Gasteiger partial charge in [-0.05, 0) is 40.2 Å². The maximum absolute atomic E-state index is 12.6. The van der Waals surface area contributed by atoms with Crippen molar-refractivity contribution in [3.63, 3.8) is 0 Å². The molecule has 0 bridgehead atoms. The number of thiophene rings is 1. The molecule has 3 aromatic rings. The highest BCUT2D eigenvalue weighted by Gasteiger charge is 2.16. The van der Waals surface area contributed by atoms with Crippen LogP contribution in [0.1, 0.15) is 15.9 Å². The fraction of sp³-hybridized carbons (Fsp3) is 0. The zero-order chi connectivity index (χ0) is 14.3. The van der Waals surface area contributed by atoms with E-state index in [1.54, 1.807) is 29.5 Å². The lowest BCUT2D eigenvalue weighted by atomic mass is 10.0. The first-order valence-electron chi connectivity index (χ1n) is 5.83. The van der Waals surface area contributed by atoms with E-state index in [-0.39, 0.29) is 5.78 Å². The summed E-state index contributed by atoms with van der Waals surface area (Å²) in [6.45, 7) is 0. The van der Waals surface area contributed by atoms with Crippen molar-refractivity contribution in [2.24, 2.45) is 0 Å². The summed E-state index contributed by atoms with van der Waals surface area (Å²) >= 11 is 11.0. The standard InChI is InChI=1S/C15H9BrClNOS/c16-13-3-1-2-11-12(7-20-15(11)13)14(19)8-4-9(17)6-10(18)5-8/h1-7H,18H2. The summed E-state index contributed by atoms with van der Waals surface area (Å²) < 4.78 is 2.05. The van der Waals surface area contributed by atoms with Crippen LogP contribution >= 0.6 is 38.9 Å². The quantitative estimate of drug-likeness (QED) is 0.504. The Morgan fingerprint density at radius 1 is 1.25 bits per heavy atom. The fourth-order valence-corrected chi connectivity index (χ4v) is 3.94. The maximum atomic E-state index is 12.6. The first-order chi connectivity index (χ1) is 9.56. The second kappa shape index (κ2) is 5.20. The third kappa shape index (κ3) is 2.35. The number of benzene rings is 2. The molecule has 3 rings (SSSR count). The molecular weight excluding hydrogens is 358 g/mol. The van der Waals surface area contributed by atoms with Gasteiger partial charge in [-0.15, -0.1) is 11.3 Å². The lowest BCUT2D eigenvalue weighted by molar-refractivity contribution is 0.104. The Balaban J connectivity index is 2.15. The van der Waals surface area contributed by atoms with Crippen molar-refractivity contribution in [3.8, 4) is 0 Å². The van der Waals surface area contributed by atoms with Crippen molar-refractivity contribution < 1.29 is 4.79 Å². The van der Waals surface area contributed by atoms with Crippen LogP contribution in [0.5, 0.6) is 0 Å². The van der Waals surface area contributed by atoms with Gasteiger partial charge in [0.2, 0.25) is 0 Å². The van der Waals surface area contributed by atoms with Gasteiger partial charge in [0.05, 0.1) is 0 Å². The molecule has 0 unspecified atom stereocenters. The van der Waals surface area contributed by atoms with Crippen LogP contribution in [0.15, 0.2) is 46.3 Å². The number of ketones is 1. The van der Waals surface area contributed by atoms with Crippen LogP contribution in [0.25, 0.3) is 10.1 Å². The van der Waals surface area contributed by atoms with Crippen LogP contribution in [0.4, 0.5) is 5.69 Å². The molecule has 0 aliphatic rings. The Labute approximate surface area is 133 Å². The van der Waals surface area contributed by atoms with E-state index in [0.29, 0.717) is 21.8 Å². The molecule has 0 atom stereocenters. The minimum atomic E-state index is -0.0662. The van der Waals surface area contributed by atoms with E-state index in [9.17, 15) is 4.79 Å². The lowest BCUT2D eigenvalue weighted by Gasteiger charge is -2.03. The van der Waals surface area contributed by atoms with Crippen LogP contribution in [-0.2, 0) is 0 Å². The van der Waals surface area contributed by atoms with Crippen LogP contribution in [-0.4, -0.2) is 5.78 Å². The number of fused-ring (bicyclic) bond motifs is 1. The van der Waals surface area contributed by atoms with Crippen LogP contribution < -0.4 is 5.73 Å².